The molecule has 1 N–H and O–H groups in total. The molecule has 3 rings (SSSR count). The molecule has 9 heteroatoms. The number of furan rings is 1. The predicted molar refractivity (Wildman–Crippen MR) is 105 cm³/mol. The van der Waals surface area contributed by atoms with E-state index in [-0.39, 0.29) is 17.6 Å². The quantitative estimate of drug-likeness (QED) is 0.457. The van der Waals surface area contributed by atoms with Gasteiger partial charge in [0.1, 0.15) is 0 Å². The average molecular weight is 400 g/mol. The Morgan fingerprint density at radius 1 is 1.21 bits per heavy atom. The smallest absolute Gasteiger partial charge is 0.338 e. The number of benzene rings is 1. The number of carbonyl (C=O) groups excluding carboxylic acids is 2. The van der Waals surface area contributed by atoms with Crippen molar-refractivity contribution >= 4 is 29.3 Å². The highest BCUT2D eigenvalue weighted by atomic mass is 32.2. The van der Waals surface area contributed by atoms with Gasteiger partial charge in [0, 0.05) is 12.7 Å². The summed E-state index contributed by atoms with van der Waals surface area (Å²) in [7, 11) is 1.81. The van der Waals surface area contributed by atoms with Crippen LogP contribution < -0.4 is 5.32 Å². The number of amides is 1. The third-order valence-electron chi connectivity index (χ3n) is 3.75. The molecule has 0 spiro atoms. The van der Waals surface area contributed by atoms with Crippen molar-refractivity contribution in [1.29, 1.82) is 0 Å². The molecule has 0 atom stereocenters. The second-order valence-corrected chi connectivity index (χ2v) is 6.84. The normalized spacial score (nSPS) is 10.6. The lowest BCUT2D eigenvalue weighted by molar-refractivity contribution is -0.113. The molecule has 1 amide bonds. The van der Waals surface area contributed by atoms with E-state index in [1.54, 1.807) is 47.2 Å². The molecule has 1 aromatic carbocycles. The van der Waals surface area contributed by atoms with Crippen LogP contribution in [0.4, 0.5) is 5.69 Å². The van der Waals surface area contributed by atoms with E-state index in [0.717, 1.165) is 6.42 Å². The summed E-state index contributed by atoms with van der Waals surface area (Å²) in [6, 6.07) is 10.2. The Morgan fingerprint density at radius 3 is 2.68 bits per heavy atom. The zero-order valence-electron chi connectivity index (χ0n) is 15.5. The molecule has 0 aliphatic carbocycles. The van der Waals surface area contributed by atoms with E-state index in [0.29, 0.717) is 34.6 Å². The van der Waals surface area contributed by atoms with Crippen LogP contribution in [0.2, 0.25) is 0 Å². The van der Waals surface area contributed by atoms with Crippen LogP contribution in [0.1, 0.15) is 23.7 Å². The van der Waals surface area contributed by atoms with Crippen molar-refractivity contribution in [1.82, 2.24) is 14.8 Å². The van der Waals surface area contributed by atoms with Crippen molar-refractivity contribution in [2.75, 3.05) is 17.7 Å². The van der Waals surface area contributed by atoms with Gasteiger partial charge in [0.2, 0.25) is 5.91 Å². The average Bonchev–Trinajstić information content (AvgIpc) is 3.35. The Hall–Kier alpha value is -3.07. The first-order chi connectivity index (χ1) is 13.6. The third-order valence-corrected chi connectivity index (χ3v) is 4.77. The summed E-state index contributed by atoms with van der Waals surface area (Å²) in [5.41, 5.74) is 1.05. The first-order valence-corrected chi connectivity index (χ1v) is 9.70. The number of hydrogen-bond acceptors (Lipinski definition) is 7. The number of thioether (sulfide) groups is 1. The molecule has 146 valence electrons. The summed E-state index contributed by atoms with van der Waals surface area (Å²) in [6.45, 7) is 2.32. The first kappa shape index (κ1) is 19.7. The summed E-state index contributed by atoms with van der Waals surface area (Å²) in [5, 5.41) is 11.6. The minimum atomic E-state index is -0.370. The number of hydrogen-bond donors (Lipinski definition) is 1. The van der Waals surface area contributed by atoms with E-state index in [1.807, 2.05) is 14.0 Å². The Morgan fingerprint density at radius 2 is 2.00 bits per heavy atom. The second kappa shape index (κ2) is 9.23. The zero-order valence-corrected chi connectivity index (χ0v) is 16.4. The fraction of sp³-hybridized carbons (Fsp3) is 0.263. The highest BCUT2D eigenvalue weighted by Gasteiger charge is 2.15. The number of esters is 1. The molecular formula is C19H20N4O4S. The van der Waals surface area contributed by atoms with Gasteiger partial charge in [-0.15, -0.1) is 10.2 Å². The van der Waals surface area contributed by atoms with E-state index < -0.39 is 0 Å². The van der Waals surface area contributed by atoms with Gasteiger partial charge in [-0.3, -0.25) is 4.79 Å². The molecule has 2 heterocycles. The van der Waals surface area contributed by atoms with Crippen molar-refractivity contribution in [3.63, 3.8) is 0 Å². The molecule has 0 unspecified atom stereocenters. The van der Waals surface area contributed by atoms with Gasteiger partial charge >= 0.3 is 5.97 Å². The van der Waals surface area contributed by atoms with Crippen LogP contribution in [0, 0.1) is 0 Å². The van der Waals surface area contributed by atoms with Crippen LogP contribution in [0.25, 0.3) is 11.6 Å². The van der Waals surface area contributed by atoms with Crippen LogP contribution in [0.3, 0.4) is 0 Å². The van der Waals surface area contributed by atoms with Crippen molar-refractivity contribution in [2.45, 2.75) is 18.5 Å². The highest BCUT2D eigenvalue weighted by Crippen LogP contribution is 2.23. The Kier molecular flexibility index (Phi) is 6.49. The van der Waals surface area contributed by atoms with E-state index in [2.05, 4.69) is 15.5 Å². The highest BCUT2D eigenvalue weighted by molar-refractivity contribution is 7.99. The summed E-state index contributed by atoms with van der Waals surface area (Å²) < 4.78 is 12.2. The number of ether oxygens (including phenoxy) is 1. The van der Waals surface area contributed by atoms with Gasteiger partial charge in [0.25, 0.3) is 0 Å². The van der Waals surface area contributed by atoms with Gasteiger partial charge in [-0.1, -0.05) is 18.7 Å². The topological polar surface area (TPSA) is 99.2 Å². The van der Waals surface area contributed by atoms with Gasteiger partial charge in [0.05, 0.1) is 24.2 Å². The molecule has 0 aliphatic heterocycles. The monoisotopic (exact) mass is 400 g/mol. The Bertz CT molecular complexity index is 936. The largest absolute Gasteiger partial charge is 0.462 e. The number of nitrogens with one attached hydrogen (secondary N) is 1. The maximum Gasteiger partial charge on any atom is 0.338 e. The molecule has 3 aromatic rings. The SMILES string of the molecule is CCCOC(=O)c1ccc(NC(=O)CSc2nnc(-c3ccco3)n2C)cc1. The lowest BCUT2D eigenvalue weighted by atomic mass is 10.2. The van der Waals surface area contributed by atoms with Crippen LogP contribution in [0.15, 0.2) is 52.2 Å². The van der Waals surface area contributed by atoms with Gasteiger partial charge in [-0.25, -0.2) is 4.79 Å². The fourth-order valence-electron chi connectivity index (χ4n) is 2.36. The van der Waals surface area contributed by atoms with E-state index in [1.165, 1.54) is 11.8 Å². The molecule has 0 radical (unpaired) electrons. The van der Waals surface area contributed by atoms with Crippen LogP contribution in [0.5, 0.6) is 0 Å². The molecular weight excluding hydrogens is 380 g/mol. The van der Waals surface area contributed by atoms with Crippen molar-refractivity contribution in [3.8, 4) is 11.6 Å². The molecule has 0 fully saturated rings. The van der Waals surface area contributed by atoms with Crippen molar-refractivity contribution < 1.29 is 18.7 Å². The molecule has 0 saturated heterocycles. The van der Waals surface area contributed by atoms with E-state index in [4.69, 9.17) is 9.15 Å². The minimum Gasteiger partial charge on any atom is -0.462 e. The lowest BCUT2D eigenvalue weighted by Gasteiger charge is -2.07. The fourth-order valence-corrected chi connectivity index (χ4v) is 3.07. The van der Waals surface area contributed by atoms with Gasteiger partial charge in [-0.2, -0.15) is 0 Å². The number of anilines is 1. The van der Waals surface area contributed by atoms with Crippen molar-refractivity contribution in [3.05, 3.63) is 48.2 Å². The number of nitrogens with zero attached hydrogens (tertiary/aromatic N) is 3. The number of rotatable bonds is 8. The first-order valence-electron chi connectivity index (χ1n) is 8.71. The summed E-state index contributed by atoms with van der Waals surface area (Å²) in [6.07, 6.45) is 2.34. The second-order valence-electron chi connectivity index (χ2n) is 5.89. The number of carbonyl (C=O) groups is 2. The summed E-state index contributed by atoms with van der Waals surface area (Å²) in [5.74, 6) is 0.825. The molecule has 0 saturated carbocycles. The van der Waals surface area contributed by atoms with E-state index >= 15 is 0 Å². The van der Waals surface area contributed by atoms with Crippen LogP contribution >= 0.6 is 11.8 Å². The zero-order chi connectivity index (χ0) is 19.9. The maximum absolute atomic E-state index is 12.2. The molecule has 0 bridgehead atoms. The van der Waals surface area contributed by atoms with Gasteiger partial charge in [-0.05, 0) is 42.8 Å². The molecule has 0 aliphatic rings. The molecule has 28 heavy (non-hydrogen) atoms. The van der Waals surface area contributed by atoms with Gasteiger partial charge in [0.15, 0.2) is 16.7 Å². The van der Waals surface area contributed by atoms with Gasteiger partial charge < -0.3 is 19.0 Å². The number of aromatic nitrogens is 3. The lowest BCUT2D eigenvalue weighted by Crippen LogP contribution is -2.14. The standard InChI is InChI=1S/C19H20N4O4S/c1-3-10-27-18(25)13-6-8-14(9-7-13)20-16(24)12-28-19-22-21-17(23(19)2)15-5-4-11-26-15/h4-9,11H,3,10,12H2,1-2H3,(H,20,24). The Balaban J connectivity index is 1.53. The summed E-state index contributed by atoms with van der Waals surface area (Å²) in [4.78, 5) is 24.0. The van der Waals surface area contributed by atoms with Crippen molar-refractivity contribution in [2.24, 2.45) is 7.05 Å². The third kappa shape index (κ3) is 4.80. The Labute approximate surface area is 166 Å². The minimum absolute atomic E-state index is 0.171. The maximum atomic E-state index is 12.2. The van der Waals surface area contributed by atoms with E-state index in [9.17, 15) is 9.59 Å². The molecule has 2 aromatic heterocycles. The van der Waals surface area contributed by atoms with Crippen LogP contribution in [-0.4, -0.2) is 39.0 Å². The summed E-state index contributed by atoms with van der Waals surface area (Å²) >= 11 is 1.27. The van der Waals surface area contributed by atoms with Crippen LogP contribution in [-0.2, 0) is 16.6 Å². The predicted octanol–water partition coefficient (Wildman–Crippen LogP) is 3.37. The molecule has 8 nitrogen and oxygen atoms in total.